The van der Waals surface area contributed by atoms with Gasteiger partial charge in [-0.2, -0.15) is 24.9 Å². The van der Waals surface area contributed by atoms with Crippen LogP contribution >= 0.6 is 11.8 Å². The minimum atomic E-state index is -4.52. The van der Waals surface area contributed by atoms with E-state index in [9.17, 15) is 22.8 Å². The second-order valence-corrected chi connectivity index (χ2v) is 6.31. The molecule has 5 nitrogen and oxygen atoms in total. The molecule has 1 heterocycles. The highest BCUT2D eigenvalue weighted by molar-refractivity contribution is 7.98. The molecule has 0 radical (unpaired) electrons. The van der Waals surface area contributed by atoms with Crippen LogP contribution in [0.1, 0.15) is 24.1 Å². The van der Waals surface area contributed by atoms with Crippen molar-refractivity contribution in [2.24, 2.45) is 0 Å². The smallest absolute Gasteiger partial charge is 0.416 e. The van der Waals surface area contributed by atoms with Crippen LogP contribution in [0.5, 0.6) is 0 Å². The molecule has 136 valence electrons. The number of esters is 1. The van der Waals surface area contributed by atoms with Gasteiger partial charge in [-0.3, -0.25) is 0 Å². The molecule has 0 saturated carbocycles. The Kier molecular flexibility index (Phi) is 5.99. The first-order chi connectivity index (χ1) is 11.7. The van der Waals surface area contributed by atoms with Gasteiger partial charge in [-0.1, -0.05) is 12.1 Å². The normalized spacial score (nSPS) is 17.8. The molecule has 1 aromatic carbocycles. The molecule has 1 aliphatic heterocycles. The molecule has 0 aromatic heterocycles. The van der Waals surface area contributed by atoms with Crippen molar-refractivity contribution in [2.75, 3.05) is 18.6 Å². The summed E-state index contributed by atoms with van der Waals surface area (Å²) in [4.78, 5) is 24.1. The number of urea groups is 1. The third kappa shape index (κ3) is 4.68. The number of alkyl halides is 3. The fourth-order valence-electron chi connectivity index (χ4n) is 2.40. The summed E-state index contributed by atoms with van der Waals surface area (Å²) in [6, 6.07) is 2.89. The number of amides is 2. The van der Waals surface area contributed by atoms with Crippen LogP contribution in [0.25, 0.3) is 0 Å². The van der Waals surface area contributed by atoms with Crippen LogP contribution in [0, 0.1) is 0 Å². The van der Waals surface area contributed by atoms with Crippen molar-refractivity contribution in [3.8, 4) is 0 Å². The lowest BCUT2D eigenvalue weighted by molar-refractivity contribution is -0.139. The molecule has 1 aliphatic rings. The topological polar surface area (TPSA) is 67.4 Å². The lowest BCUT2D eigenvalue weighted by Crippen LogP contribution is -2.45. The Morgan fingerprint density at radius 3 is 2.72 bits per heavy atom. The summed E-state index contributed by atoms with van der Waals surface area (Å²) in [5.41, 5.74) is -0.369. The highest BCUT2D eigenvalue weighted by Gasteiger charge is 2.35. The number of allylic oxidation sites excluding steroid dienone is 1. The second kappa shape index (κ2) is 7.81. The molecule has 1 aromatic rings. The van der Waals surface area contributed by atoms with Crippen molar-refractivity contribution < 1.29 is 27.5 Å². The zero-order valence-electron chi connectivity index (χ0n) is 13.6. The molecule has 0 fully saturated rings. The van der Waals surface area contributed by atoms with Crippen LogP contribution in [0.2, 0.25) is 0 Å². The number of carbonyl (C=O) groups is 2. The van der Waals surface area contributed by atoms with Crippen molar-refractivity contribution in [3.63, 3.8) is 0 Å². The highest BCUT2D eigenvalue weighted by Crippen LogP contribution is 2.33. The van der Waals surface area contributed by atoms with Gasteiger partial charge in [0.1, 0.15) is 6.61 Å². The van der Waals surface area contributed by atoms with Crippen LogP contribution < -0.4 is 10.6 Å². The standard InChI is InChI=1S/C16H17F3N2O3S/c1-9-12(14(22)24-6-7-25-2)13(21-15(23)20-9)10-4-3-5-11(8-10)16(17,18)19/h3-5,8,13H,6-7H2,1-2H3,(H2,20,21,23)/t13-/m0/s1. The third-order valence-corrected chi connectivity index (χ3v) is 4.13. The average molecular weight is 374 g/mol. The van der Waals surface area contributed by atoms with Crippen LogP contribution in [-0.2, 0) is 15.7 Å². The number of hydrogen-bond acceptors (Lipinski definition) is 4. The number of nitrogens with one attached hydrogen (secondary N) is 2. The van der Waals surface area contributed by atoms with Crippen molar-refractivity contribution in [1.82, 2.24) is 10.6 Å². The molecule has 25 heavy (non-hydrogen) atoms. The number of thioether (sulfide) groups is 1. The molecule has 0 saturated heterocycles. The van der Waals surface area contributed by atoms with Crippen molar-refractivity contribution in [1.29, 1.82) is 0 Å². The molecule has 0 aliphatic carbocycles. The van der Waals surface area contributed by atoms with E-state index in [1.165, 1.54) is 30.8 Å². The van der Waals surface area contributed by atoms with E-state index in [0.29, 0.717) is 5.75 Å². The van der Waals surface area contributed by atoms with Crippen LogP contribution in [-0.4, -0.2) is 30.6 Å². The molecule has 9 heteroatoms. The number of rotatable bonds is 5. The summed E-state index contributed by atoms with van der Waals surface area (Å²) < 4.78 is 44.0. The summed E-state index contributed by atoms with van der Waals surface area (Å²) in [5.74, 6) is -0.0898. The predicted octanol–water partition coefficient (Wildman–Crippen LogP) is 3.24. The number of benzene rings is 1. The molecule has 0 spiro atoms. The minimum Gasteiger partial charge on any atom is -0.461 e. The maximum atomic E-state index is 12.9. The average Bonchev–Trinajstić information content (AvgIpc) is 2.53. The molecule has 2 amide bonds. The summed E-state index contributed by atoms with van der Waals surface area (Å²) in [6.07, 6.45) is -2.67. The first-order valence-corrected chi connectivity index (χ1v) is 8.75. The van der Waals surface area contributed by atoms with Gasteiger partial charge < -0.3 is 15.4 Å². The molecule has 2 rings (SSSR count). The van der Waals surface area contributed by atoms with Gasteiger partial charge >= 0.3 is 18.2 Å². The maximum absolute atomic E-state index is 12.9. The summed E-state index contributed by atoms with van der Waals surface area (Å²) in [6.45, 7) is 1.67. The van der Waals surface area contributed by atoms with E-state index in [2.05, 4.69) is 10.6 Å². The second-order valence-electron chi connectivity index (χ2n) is 5.32. The van der Waals surface area contributed by atoms with Crippen molar-refractivity contribution >= 4 is 23.8 Å². The Bertz CT molecular complexity index is 704. The van der Waals surface area contributed by atoms with Gasteiger partial charge in [0.25, 0.3) is 0 Å². The fraction of sp³-hybridized carbons (Fsp3) is 0.375. The Morgan fingerprint density at radius 2 is 2.08 bits per heavy atom. The summed E-state index contributed by atoms with van der Waals surface area (Å²) >= 11 is 1.49. The van der Waals surface area contributed by atoms with Gasteiger partial charge in [-0.15, -0.1) is 0 Å². The zero-order valence-corrected chi connectivity index (χ0v) is 14.4. The predicted molar refractivity (Wildman–Crippen MR) is 87.9 cm³/mol. The Balaban J connectivity index is 2.37. The molecule has 2 N–H and O–H groups in total. The lowest BCUT2D eigenvalue weighted by Gasteiger charge is -2.28. The summed E-state index contributed by atoms with van der Waals surface area (Å²) in [7, 11) is 0. The quantitative estimate of drug-likeness (QED) is 0.613. The Morgan fingerprint density at radius 1 is 1.36 bits per heavy atom. The lowest BCUT2D eigenvalue weighted by atomic mass is 9.94. The monoisotopic (exact) mass is 374 g/mol. The van der Waals surface area contributed by atoms with Gasteiger partial charge in [0.15, 0.2) is 0 Å². The van der Waals surface area contributed by atoms with Crippen LogP contribution in [0.15, 0.2) is 35.5 Å². The molecule has 0 unspecified atom stereocenters. The van der Waals surface area contributed by atoms with E-state index < -0.39 is 29.8 Å². The maximum Gasteiger partial charge on any atom is 0.416 e. The summed E-state index contributed by atoms with van der Waals surface area (Å²) in [5, 5.41) is 4.93. The van der Waals surface area contributed by atoms with Gasteiger partial charge in [0.2, 0.25) is 0 Å². The largest absolute Gasteiger partial charge is 0.461 e. The van der Waals surface area contributed by atoms with E-state index in [1.54, 1.807) is 0 Å². The first kappa shape index (κ1) is 19.2. The van der Waals surface area contributed by atoms with Gasteiger partial charge in [-0.25, -0.2) is 9.59 Å². The number of hydrogen-bond donors (Lipinski definition) is 2. The van der Waals surface area contributed by atoms with E-state index in [4.69, 9.17) is 4.74 Å². The number of halogens is 3. The highest BCUT2D eigenvalue weighted by atomic mass is 32.2. The molecule has 0 bridgehead atoms. The molecular formula is C16H17F3N2O3S. The Hall–Kier alpha value is -2.16. The SMILES string of the molecule is CSCCOC(=O)C1=C(C)NC(=O)N[C@H]1c1cccc(C(F)(F)F)c1. The van der Waals surface area contributed by atoms with Gasteiger partial charge in [0.05, 0.1) is 17.2 Å². The number of carbonyl (C=O) groups excluding carboxylic acids is 2. The van der Waals surface area contributed by atoms with E-state index in [0.717, 1.165) is 12.1 Å². The van der Waals surface area contributed by atoms with Gasteiger partial charge in [-0.05, 0) is 30.9 Å². The first-order valence-electron chi connectivity index (χ1n) is 7.35. The third-order valence-electron chi connectivity index (χ3n) is 3.56. The zero-order chi connectivity index (χ0) is 18.6. The minimum absolute atomic E-state index is 0.0834. The van der Waals surface area contributed by atoms with Crippen molar-refractivity contribution in [2.45, 2.75) is 19.1 Å². The van der Waals surface area contributed by atoms with E-state index in [1.807, 2.05) is 6.26 Å². The molecule has 1 atom stereocenters. The van der Waals surface area contributed by atoms with E-state index in [-0.39, 0.29) is 23.4 Å². The Labute approximate surface area is 147 Å². The van der Waals surface area contributed by atoms with Gasteiger partial charge in [0, 0.05) is 11.4 Å². The van der Waals surface area contributed by atoms with Crippen LogP contribution in [0.3, 0.4) is 0 Å². The fourth-order valence-corrected chi connectivity index (χ4v) is 2.65. The number of ether oxygens (including phenoxy) is 1. The van der Waals surface area contributed by atoms with Crippen LogP contribution in [0.4, 0.5) is 18.0 Å². The molecular weight excluding hydrogens is 357 g/mol. The van der Waals surface area contributed by atoms with Crippen molar-refractivity contribution in [3.05, 3.63) is 46.7 Å². The van der Waals surface area contributed by atoms with E-state index >= 15 is 0 Å².